The number of likely N-dealkylation sites (tertiary alicyclic amines) is 1. The maximum Gasteiger partial charge on any atom is 0.410 e. The molecule has 162 valence electrons. The molecule has 30 heavy (non-hydrogen) atoms. The van der Waals surface area contributed by atoms with Crippen molar-refractivity contribution < 1.29 is 19.0 Å². The minimum absolute atomic E-state index is 0.207. The van der Waals surface area contributed by atoms with Crippen LogP contribution in [-0.4, -0.2) is 42.9 Å². The fourth-order valence-corrected chi connectivity index (χ4v) is 3.51. The molecule has 0 radical (unpaired) electrons. The second-order valence-electron chi connectivity index (χ2n) is 8.67. The molecule has 0 aromatic heterocycles. The van der Waals surface area contributed by atoms with Crippen LogP contribution in [-0.2, 0) is 4.74 Å². The molecule has 1 heterocycles. The lowest BCUT2D eigenvalue weighted by Gasteiger charge is -2.33. The van der Waals surface area contributed by atoms with Crippen molar-refractivity contribution in [2.75, 3.05) is 26.3 Å². The number of carbonyl (C=O) groups is 1. The Morgan fingerprint density at radius 1 is 0.900 bits per heavy atom. The van der Waals surface area contributed by atoms with Crippen LogP contribution < -0.4 is 9.47 Å². The van der Waals surface area contributed by atoms with Crippen LogP contribution in [0.1, 0.15) is 51.5 Å². The van der Waals surface area contributed by atoms with Crippen LogP contribution in [0.2, 0.25) is 0 Å². The maximum absolute atomic E-state index is 12.2. The van der Waals surface area contributed by atoms with Gasteiger partial charge in [-0.25, -0.2) is 4.79 Å². The lowest BCUT2D eigenvalue weighted by Crippen LogP contribution is -2.41. The van der Waals surface area contributed by atoms with Gasteiger partial charge in [-0.1, -0.05) is 30.3 Å². The predicted molar refractivity (Wildman–Crippen MR) is 118 cm³/mol. The van der Waals surface area contributed by atoms with E-state index in [0.717, 1.165) is 43.9 Å². The van der Waals surface area contributed by atoms with Gasteiger partial charge in [-0.05, 0) is 69.4 Å². The molecule has 0 unspecified atom stereocenters. The fourth-order valence-electron chi connectivity index (χ4n) is 3.51. The molecule has 0 atom stereocenters. The number of hydrogen-bond acceptors (Lipinski definition) is 4. The molecule has 1 aliphatic rings. The van der Waals surface area contributed by atoms with Crippen LogP contribution in [0.3, 0.4) is 0 Å². The smallest absolute Gasteiger partial charge is 0.410 e. The largest absolute Gasteiger partial charge is 0.493 e. The number of amides is 1. The zero-order chi connectivity index (χ0) is 21.4. The average Bonchev–Trinajstić information content (AvgIpc) is 2.74. The molecule has 1 saturated heterocycles. The first kappa shape index (κ1) is 22.0. The van der Waals surface area contributed by atoms with E-state index in [1.807, 2.05) is 68.1 Å². The van der Waals surface area contributed by atoms with Crippen molar-refractivity contribution >= 4 is 6.09 Å². The molecule has 0 bridgehead atoms. The Labute approximate surface area is 179 Å². The SMILES string of the molecule is CC(C)(C)OC(=O)N1CCC(c2ccc(OCCCOc3ccccc3)cc2)CC1. The van der Waals surface area contributed by atoms with Crippen molar-refractivity contribution in [2.45, 2.75) is 51.6 Å². The van der Waals surface area contributed by atoms with Gasteiger partial charge in [-0.15, -0.1) is 0 Å². The molecule has 0 N–H and O–H groups in total. The van der Waals surface area contributed by atoms with Gasteiger partial charge in [-0.2, -0.15) is 0 Å². The third-order valence-corrected chi connectivity index (χ3v) is 5.07. The highest BCUT2D eigenvalue weighted by molar-refractivity contribution is 5.68. The van der Waals surface area contributed by atoms with E-state index < -0.39 is 5.60 Å². The third-order valence-electron chi connectivity index (χ3n) is 5.07. The van der Waals surface area contributed by atoms with Gasteiger partial charge in [0.05, 0.1) is 13.2 Å². The summed E-state index contributed by atoms with van der Waals surface area (Å²) in [6, 6.07) is 18.2. The number of rotatable bonds is 7. The van der Waals surface area contributed by atoms with E-state index in [2.05, 4.69) is 12.1 Å². The molecule has 0 aliphatic carbocycles. The summed E-state index contributed by atoms with van der Waals surface area (Å²) in [6.45, 7) is 8.43. The topological polar surface area (TPSA) is 48.0 Å². The molecule has 1 amide bonds. The normalized spacial score (nSPS) is 15.0. The van der Waals surface area contributed by atoms with Gasteiger partial charge >= 0.3 is 6.09 Å². The molecule has 1 aliphatic heterocycles. The molecule has 5 heteroatoms. The van der Waals surface area contributed by atoms with Crippen molar-refractivity contribution in [3.63, 3.8) is 0 Å². The lowest BCUT2D eigenvalue weighted by atomic mass is 9.89. The summed E-state index contributed by atoms with van der Waals surface area (Å²) in [5.74, 6) is 2.24. The fraction of sp³-hybridized carbons (Fsp3) is 0.480. The second-order valence-corrected chi connectivity index (χ2v) is 8.67. The summed E-state index contributed by atoms with van der Waals surface area (Å²) >= 11 is 0. The molecule has 5 nitrogen and oxygen atoms in total. The van der Waals surface area contributed by atoms with Crippen LogP contribution in [0.15, 0.2) is 54.6 Å². The van der Waals surface area contributed by atoms with E-state index >= 15 is 0 Å². The highest BCUT2D eigenvalue weighted by Crippen LogP contribution is 2.30. The summed E-state index contributed by atoms with van der Waals surface area (Å²) in [7, 11) is 0. The number of piperidine rings is 1. The zero-order valence-corrected chi connectivity index (χ0v) is 18.3. The summed E-state index contributed by atoms with van der Waals surface area (Å²) in [4.78, 5) is 14.0. The van der Waals surface area contributed by atoms with E-state index in [0.29, 0.717) is 19.1 Å². The molecular formula is C25H33NO4. The average molecular weight is 412 g/mol. The van der Waals surface area contributed by atoms with E-state index in [1.165, 1.54) is 5.56 Å². The Morgan fingerprint density at radius 3 is 2.03 bits per heavy atom. The van der Waals surface area contributed by atoms with E-state index in [-0.39, 0.29) is 6.09 Å². The number of nitrogens with zero attached hydrogens (tertiary/aromatic N) is 1. The highest BCUT2D eigenvalue weighted by Gasteiger charge is 2.27. The number of para-hydroxylation sites is 1. The number of carbonyl (C=O) groups excluding carboxylic acids is 1. The second kappa shape index (κ2) is 10.4. The molecule has 0 saturated carbocycles. The number of hydrogen-bond donors (Lipinski definition) is 0. The van der Waals surface area contributed by atoms with Crippen molar-refractivity contribution in [2.24, 2.45) is 0 Å². The first-order chi connectivity index (χ1) is 14.4. The first-order valence-electron chi connectivity index (χ1n) is 10.8. The number of benzene rings is 2. The molecule has 2 aromatic rings. The highest BCUT2D eigenvalue weighted by atomic mass is 16.6. The third kappa shape index (κ3) is 6.97. The Hall–Kier alpha value is -2.69. The van der Waals surface area contributed by atoms with Crippen LogP contribution >= 0.6 is 0 Å². The van der Waals surface area contributed by atoms with Gasteiger partial charge in [0.2, 0.25) is 0 Å². The van der Waals surface area contributed by atoms with E-state index in [1.54, 1.807) is 0 Å². The Morgan fingerprint density at radius 2 is 1.47 bits per heavy atom. The van der Waals surface area contributed by atoms with Gasteiger partial charge in [0.1, 0.15) is 17.1 Å². The minimum atomic E-state index is -0.447. The van der Waals surface area contributed by atoms with E-state index in [9.17, 15) is 4.79 Å². The zero-order valence-electron chi connectivity index (χ0n) is 18.3. The van der Waals surface area contributed by atoms with Gasteiger partial charge in [0, 0.05) is 19.5 Å². The summed E-state index contributed by atoms with van der Waals surface area (Å²) < 4.78 is 17.0. The van der Waals surface area contributed by atoms with Crippen LogP contribution in [0, 0.1) is 0 Å². The summed E-state index contributed by atoms with van der Waals surface area (Å²) in [5.41, 5.74) is 0.857. The Balaban J connectivity index is 1.37. The van der Waals surface area contributed by atoms with Crippen molar-refractivity contribution in [3.8, 4) is 11.5 Å². The van der Waals surface area contributed by atoms with Gasteiger partial charge in [0.25, 0.3) is 0 Å². The predicted octanol–water partition coefficient (Wildman–Crippen LogP) is 5.65. The molecule has 0 spiro atoms. The Bertz CT molecular complexity index is 775. The minimum Gasteiger partial charge on any atom is -0.493 e. The molecule has 2 aromatic carbocycles. The van der Waals surface area contributed by atoms with Crippen LogP contribution in [0.25, 0.3) is 0 Å². The van der Waals surface area contributed by atoms with Crippen LogP contribution in [0.5, 0.6) is 11.5 Å². The summed E-state index contributed by atoms with van der Waals surface area (Å²) in [5, 5.41) is 0. The van der Waals surface area contributed by atoms with Crippen LogP contribution in [0.4, 0.5) is 4.79 Å². The lowest BCUT2D eigenvalue weighted by molar-refractivity contribution is 0.0205. The van der Waals surface area contributed by atoms with Crippen molar-refractivity contribution in [1.29, 1.82) is 0 Å². The number of ether oxygens (including phenoxy) is 3. The van der Waals surface area contributed by atoms with Crippen molar-refractivity contribution in [1.82, 2.24) is 4.90 Å². The van der Waals surface area contributed by atoms with Gasteiger partial charge < -0.3 is 19.1 Å². The first-order valence-corrected chi connectivity index (χ1v) is 10.8. The van der Waals surface area contributed by atoms with E-state index in [4.69, 9.17) is 14.2 Å². The van der Waals surface area contributed by atoms with Gasteiger partial charge in [0.15, 0.2) is 0 Å². The maximum atomic E-state index is 12.2. The standard InChI is InChI=1S/C25H33NO4/c1-25(2,3)30-24(27)26-16-14-21(15-17-26)20-10-12-23(13-11-20)29-19-7-18-28-22-8-5-4-6-9-22/h4-6,8-13,21H,7,14-19H2,1-3H3. The molecular weight excluding hydrogens is 378 g/mol. The summed E-state index contributed by atoms with van der Waals surface area (Å²) in [6.07, 6.45) is 2.53. The molecule has 1 fully saturated rings. The molecule has 3 rings (SSSR count). The quantitative estimate of drug-likeness (QED) is 0.553. The van der Waals surface area contributed by atoms with Crippen molar-refractivity contribution in [3.05, 3.63) is 60.2 Å². The Kier molecular flexibility index (Phi) is 7.61. The van der Waals surface area contributed by atoms with Gasteiger partial charge in [-0.3, -0.25) is 0 Å². The monoisotopic (exact) mass is 411 g/mol.